The first-order chi connectivity index (χ1) is 14.1. The van der Waals surface area contributed by atoms with Gasteiger partial charge in [0.2, 0.25) is 0 Å². The van der Waals surface area contributed by atoms with Crippen LogP contribution in [0.15, 0.2) is 52.2 Å². The summed E-state index contributed by atoms with van der Waals surface area (Å²) in [5.41, 5.74) is 1.91. The van der Waals surface area contributed by atoms with Gasteiger partial charge in [0.1, 0.15) is 5.76 Å². The van der Waals surface area contributed by atoms with Crippen LogP contribution in [-0.4, -0.2) is 28.2 Å². The second-order valence-corrected chi connectivity index (χ2v) is 9.87. The molecule has 1 aliphatic carbocycles. The van der Waals surface area contributed by atoms with Crippen LogP contribution >= 0.6 is 15.9 Å². The summed E-state index contributed by atoms with van der Waals surface area (Å²) in [6.45, 7) is 12.2. The third-order valence-electron chi connectivity index (χ3n) is 5.47. The van der Waals surface area contributed by atoms with E-state index in [1.54, 1.807) is 4.90 Å². The fourth-order valence-electron chi connectivity index (χ4n) is 4.07. The lowest BCUT2D eigenvalue weighted by Gasteiger charge is -2.30. The summed E-state index contributed by atoms with van der Waals surface area (Å²) >= 11 is 3.45. The monoisotopic (exact) mass is 477 g/mol. The molecule has 0 saturated heterocycles. The van der Waals surface area contributed by atoms with Gasteiger partial charge in [-0.2, -0.15) is 0 Å². The van der Waals surface area contributed by atoms with E-state index in [1.807, 2.05) is 64.1 Å². The number of aliphatic hydroxyl groups excluding tert-OH is 1. The van der Waals surface area contributed by atoms with E-state index in [1.165, 1.54) is 0 Å². The maximum atomic E-state index is 13.0. The molecule has 0 aromatic heterocycles. The molecular weight excluding hydrogens is 442 g/mol. The van der Waals surface area contributed by atoms with Crippen molar-refractivity contribution in [2.45, 2.75) is 79.0 Å². The van der Waals surface area contributed by atoms with Crippen LogP contribution in [0.4, 0.5) is 4.79 Å². The van der Waals surface area contributed by atoms with E-state index in [2.05, 4.69) is 29.8 Å². The largest absolute Gasteiger partial charge is 0.415 e. The van der Waals surface area contributed by atoms with Crippen LogP contribution in [0.5, 0.6) is 0 Å². The molecule has 1 aliphatic rings. The van der Waals surface area contributed by atoms with Gasteiger partial charge in [-0.3, -0.25) is 0 Å². The first-order valence-electron chi connectivity index (χ1n) is 11.0. The molecule has 2 atom stereocenters. The topological polar surface area (TPSA) is 49.8 Å². The Morgan fingerprint density at radius 1 is 1.13 bits per heavy atom. The van der Waals surface area contributed by atoms with Gasteiger partial charge in [0, 0.05) is 22.5 Å². The highest BCUT2D eigenvalue weighted by Crippen LogP contribution is 2.42. The molecule has 5 heteroatoms. The molecular formula is C25H36BrNO3. The number of halogens is 1. The van der Waals surface area contributed by atoms with Crippen LogP contribution in [0.1, 0.15) is 72.5 Å². The molecule has 1 aromatic carbocycles. The molecule has 1 saturated carbocycles. The fraction of sp³-hybridized carbons (Fsp3) is 0.560. The maximum Gasteiger partial charge on any atom is 0.415 e. The number of hydrogen-bond acceptors (Lipinski definition) is 3. The van der Waals surface area contributed by atoms with Crippen molar-refractivity contribution in [2.24, 2.45) is 11.8 Å². The number of benzene rings is 1. The van der Waals surface area contributed by atoms with Crippen LogP contribution in [-0.2, 0) is 4.74 Å². The summed E-state index contributed by atoms with van der Waals surface area (Å²) in [6.07, 6.45) is 5.69. The zero-order valence-corrected chi connectivity index (χ0v) is 20.6. The number of rotatable bonds is 7. The van der Waals surface area contributed by atoms with Gasteiger partial charge in [-0.15, -0.1) is 0 Å². The number of aliphatic hydroxyl groups is 1. The number of allylic oxidation sites excluding steroid dienone is 2. The van der Waals surface area contributed by atoms with Gasteiger partial charge in [0.05, 0.1) is 6.10 Å². The molecule has 1 aromatic rings. The average molecular weight is 478 g/mol. The molecule has 0 aliphatic heterocycles. The maximum absolute atomic E-state index is 13.0. The van der Waals surface area contributed by atoms with Gasteiger partial charge < -0.3 is 14.7 Å². The standard InChI is InChI=1S/C25H36BrNO3/c1-16(2)10-15-23(30-25(29)27(17(3)4)18(5)6)21-8-7-9-22(21)24(28)19-11-13-20(26)14-12-19/h10-18,22,24,28H,7-9H2,1-6H3/b15-10+,23-21-. The third kappa shape index (κ3) is 6.45. The van der Waals surface area contributed by atoms with Crippen molar-refractivity contribution in [3.63, 3.8) is 0 Å². The lowest BCUT2D eigenvalue weighted by atomic mass is 9.90. The summed E-state index contributed by atoms with van der Waals surface area (Å²) < 4.78 is 6.95. The number of ether oxygens (including phenoxy) is 1. The van der Waals surface area contributed by atoms with Crippen LogP contribution in [0.25, 0.3) is 0 Å². The lowest BCUT2D eigenvalue weighted by molar-refractivity contribution is 0.0989. The molecule has 1 amide bonds. The molecule has 30 heavy (non-hydrogen) atoms. The molecule has 166 valence electrons. The normalized spacial score (nSPS) is 19.8. The van der Waals surface area contributed by atoms with Gasteiger partial charge in [-0.1, -0.05) is 48.0 Å². The predicted octanol–water partition coefficient (Wildman–Crippen LogP) is 7.00. The Bertz CT molecular complexity index is 757. The summed E-state index contributed by atoms with van der Waals surface area (Å²) in [4.78, 5) is 14.7. The van der Waals surface area contributed by atoms with Crippen molar-refractivity contribution in [3.05, 3.63) is 57.8 Å². The first kappa shape index (κ1) is 24.7. The summed E-state index contributed by atoms with van der Waals surface area (Å²) in [7, 11) is 0. The van der Waals surface area contributed by atoms with E-state index in [0.29, 0.717) is 11.7 Å². The molecule has 2 rings (SSSR count). The van der Waals surface area contributed by atoms with E-state index in [4.69, 9.17) is 4.74 Å². The van der Waals surface area contributed by atoms with E-state index in [9.17, 15) is 9.90 Å². The van der Waals surface area contributed by atoms with Crippen molar-refractivity contribution in [1.82, 2.24) is 4.90 Å². The molecule has 0 radical (unpaired) electrons. The lowest BCUT2D eigenvalue weighted by Crippen LogP contribution is -2.42. The zero-order chi connectivity index (χ0) is 22.4. The number of nitrogens with zero attached hydrogens (tertiary/aromatic N) is 1. The Morgan fingerprint density at radius 3 is 2.27 bits per heavy atom. The Kier molecular flexibility index (Phi) is 9.17. The van der Waals surface area contributed by atoms with Gasteiger partial charge >= 0.3 is 6.09 Å². The molecule has 0 spiro atoms. The van der Waals surface area contributed by atoms with E-state index in [0.717, 1.165) is 34.9 Å². The SMILES string of the molecule is CC(C)/C=C/C(OC(=O)N(C(C)C)C(C)C)=C1\CCCC1C(O)c1ccc(Br)cc1. The van der Waals surface area contributed by atoms with Crippen LogP contribution in [0.2, 0.25) is 0 Å². The van der Waals surface area contributed by atoms with Gasteiger partial charge in [0.15, 0.2) is 0 Å². The van der Waals surface area contributed by atoms with Crippen molar-refractivity contribution in [3.8, 4) is 0 Å². The minimum atomic E-state index is -0.622. The summed E-state index contributed by atoms with van der Waals surface area (Å²) in [5.74, 6) is 0.873. The molecule has 4 nitrogen and oxygen atoms in total. The second-order valence-electron chi connectivity index (χ2n) is 8.95. The number of carbonyl (C=O) groups is 1. The van der Waals surface area contributed by atoms with Crippen molar-refractivity contribution < 1.29 is 14.6 Å². The van der Waals surface area contributed by atoms with Crippen LogP contribution in [0.3, 0.4) is 0 Å². The van der Waals surface area contributed by atoms with E-state index in [-0.39, 0.29) is 24.1 Å². The van der Waals surface area contributed by atoms with E-state index < -0.39 is 6.10 Å². The molecule has 1 fully saturated rings. The highest BCUT2D eigenvalue weighted by atomic mass is 79.9. The van der Waals surface area contributed by atoms with Gasteiger partial charge in [0.25, 0.3) is 0 Å². The van der Waals surface area contributed by atoms with Gasteiger partial charge in [-0.25, -0.2) is 4.79 Å². The predicted molar refractivity (Wildman–Crippen MR) is 126 cm³/mol. The van der Waals surface area contributed by atoms with Crippen molar-refractivity contribution in [1.29, 1.82) is 0 Å². The first-order valence-corrected chi connectivity index (χ1v) is 11.8. The summed E-state index contributed by atoms with van der Waals surface area (Å²) in [5, 5.41) is 11.1. The summed E-state index contributed by atoms with van der Waals surface area (Å²) in [6, 6.07) is 7.87. The zero-order valence-electron chi connectivity index (χ0n) is 19.1. The molecule has 0 bridgehead atoms. The van der Waals surface area contributed by atoms with E-state index >= 15 is 0 Å². The molecule has 2 unspecified atom stereocenters. The smallest absolute Gasteiger partial charge is 0.410 e. The van der Waals surface area contributed by atoms with Crippen LogP contribution in [0, 0.1) is 11.8 Å². The highest BCUT2D eigenvalue weighted by molar-refractivity contribution is 9.10. The highest BCUT2D eigenvalue weighted by Gasteiger charge is 2.33. The van der Waals surface area contributed by atoms with Crippen molar-refractivity contribution >= 4 is 22.0 Å². The quantitative estimate of drug-likeness (QED) is 0.429. The van der Waals surface area contributed by atoms with Gasteiger partial charge in [-0.05, 0) is 82.2 Å². The minimum absolute atomic E-state index is 0.0468. The Labute approximate surface area is 190 Å². The molecule has 1 N–H and O–H groups in total. The fourth-order valence-corrected chi connectivity index (χ4v) is 4.33. The minimum Gasteiger partial charge on any atom is -0.410 e. The Balaban J connectivity index is 2.39. The third-order valence-corrected chi connectivity index (χ3v) is 6.00. The Hall–Kier alpha value is -1.59. The average Bonchev–Trinajstić information content (AvgIpc) is 3.14. The number of carbonyl (C=O) groups excluding carboxylic acids is 1. The Morgan fingerprint density at radius 2 is 1.73 bits per heavy atom. The van der Waals surface area contributed by atoms with Crippen LogP contribution < -0.4 is 0 Å². The van der Waals surface area contributed by atoms with Crippen molar-refractivity contribution in [2.75, 3.05) is 0 Å². The number of amides is 1. The number of hydrogen-bond donors (Lipinski definition) is 1. The molecule has 0 heterocycles. The second kappa shape index (κ2) is 11.1.